The van der Waals surface area contributed by atoms with Crippen LogP contribution in [0.15, 0.2) is 12.1 Å². The molecule has 1 aromatic carbocycles. The highest BCUT2D eigenvalue weighted by Gasteiger charge is 2.15. The van der Waals surface area contributed by atoms with Crippen molar-refractivity contribution in [3.63, 3.8) is 0 Å². The zero-order valence-corrected chi connectivity index (χ0v) is 20.9. The number of carbonyl (C=O) groups excluding carboxylic acids is 1. The monoisotopic (exact) mass is 432 g/mol. The smallest absolute Gasteiger partial charge is 0.293 e. The average Bonchev–Trinajstić information content (AvgIpc) is 2.72. The van der Waals surface area contributed by atoms with Crippen LogP contribution in [0, 0.1) is 20.8 Å². The molecule has 31 heavy (non-hydrogen) atoms. The van der Waals surface area contributed by atoms with Crippen molar-refractivity contribution in [3.8, 4) is 0 Å². The van der Waals surface area contributed by atoms with Gasteiger partial charge in [0.15, 0.2) is 0 Å². The van der Waals surface area contributed by atoms with Crippen LogP contribution in [0.1, 0.15) is 137 Å². The molecule has 0 bridgehead atoms. The molecular weight excluding hydrogens is 384 g/mol. The van der Waals surface area contributed by atoms with Crippen LogP contribution >= 0.6 is 0 Å². The lowest BCUT2D eigenvalue weighted by Crippen LogP contribution is -2.10. The van der Waals surface area contributed by atoms with E-state index in [9.17, 15) is 4.79 Å². The Bertz CT molecular complexity index is 571. The Morgan fingerprint density at radius 1 is 0.645 bits per heavy atom. The fourth-order valence-electron chi connectivity index (χ4n) is 4.35. The molecule has 178 valence electrons. The fourth-order valence-corrected chi connectivity index (χ4v) is 4.35. The van der Waals surface area contributed by atoms with E-state index in [0.29, 0.717) is 12.2 Å². The molecule has 0 aliphatic carbocycles. The maximum Gasteiger partial charge on any atom is 0.373 e. The average molecular weight is 433 g/mol. The van der Waals surface area contributed by atoms with Crippen LogP contribution in [0.25, 0.3) is 0 Å². The van der Waals surface area contributed by atoms with Crippen molar-refractivity contribution in [1.29, 1.82) is 0 Å². The summed E-state index contributed by atoms with van der Waals surface area (Å²) in [6.45, 7) is 8.66. The maximum absolute atomic E-state index is 12.2. The number of rotatable bonds is 19. The van der Waals surface area contributed by atoms with Crippen molar-refractivity contribution in [2.75, 3.05) is 6.61 Å². The summed E-state index contributed by atoms with van der Waals surface area (Å²) >= 11 is 0. The zero-order valence-electron chi connectivity index (χ0n) is 20.9. The number of benzene rings is 1. The second-order valence-electron chi connectivity index (χ2n) is 9.27. The van der Waals surface area contributed by atoms with Crippen LogP contribution in [-0.4, -0.2) is 12.6 Å². The first-order valence-electron chi connectivity index (χ1n) is 13.0. The summed E-state index contributed by atoms with van der Waals surface area (Å²) in [4.78, 5) is 22.4. The van der Waals surface area contributed by atoms with E-state index in [0.717, 1.165) is 29.5 Å². The molecule has 1 rings (SSSR count). The lowest BCUT2D eigenvalue weighted by Gasteiger charge is -2.10. The summed E-state index contributed by atoms with van der Waals surface area (Å²) in [5, 5.41) is 0. The standard InChI is InChI=1S/C28H48O3/c1-5-6-7-8-9-10-11-12-13-14-15-16-17-18-19-20-21-30-31-28(29)27-25(3)22-24(2)23-26(27)4/h22-23H,5-21H2,1-4H3. The molecule has 0 saturated carbocycles. The van der Waals surface area contributed by atoms with Crippen molar-refractivity contribution in [3.05, 3.63) is 34.4 Å². The molecule has 0 saturated heterocycles. The molecule has 0 heterocycles. The Kier molecular flexibility index (Phi) is 16.3. The van der Waals surface area contributed by atoms with Gasteiger partial charge in [0.25, 0.3) is 0 Å². The normalized spacial score (nSPS) is 11.1. The van der Waals surface area contributed by atoms with Gasteiger partial charge in [-0.3, -0.25) is 4.89 Å². The minimum atomic E-state index is -0.383. The molecule has 0 amide bonds. The minimum Gasteiger partial charge on any atom is -0.293 e. The van der Waals surface area contributed by atoms with Gasteiger partial charge in [-0.15, -0.1) is 0 Å². The third kappa shape index (κ3) is 13.6. The Balaban J connectivity index is 1.87. The van der Waals surface area contributed by atoms with Gasteiger partial charge in [-0.1, -0.05) is 121 Å². The van der Waals surface area contributed by atoms with Crippen molar-refractivity contribution in [2.45, 2.75) is 130 Å². The molecule has 0 spiro atoms. The molecule has 0 N–H and O–H groups in total. The van der Waals surface area contributed by atoms with Crippen LogP contribution in [0.2, 0.25) is 0 Å². The summed E-state index contributed by atoms with van der Waals surface area (Å²) in [7, 11) is 0. The van der Waals surface area contributed by atoms with Gasteiger partial charge in [-0.2, -0.15) is 4.89 Å². The maximum atomic E-state index is 12.2. The number of unbranched alkanes of at least 4 members (excludes halogenated alkanes) is 15. The van der Waals surface area contributed by atoms with Crippen LogP contribution in [0.5, 0.6) is 0 Å². The highest BCUT2D eigenvalue weighted by atomic mass is 17.2. The Hall–Kier alpha value is -1.35. The third-order valence-corrected chi connectivity index (χ3v) is 6.10. The lowest BCUT2D eigenvalue weighted by molar-refractivity contribution is -0.241. The number of carbonyl (C=O) groups is 1. The predicted molar refractivity (Wildman–Crippen MR) is 132 cm³/mol. The second kappa shape index (κ2) is 18.2. The van der Waals surface area contributed by atoms with Crippen molar-refractivity contribution < 1.29 is 14.6 Å². The predicted octanol–water partition coefficient (Wildman–Crippen LogP) is 8.96. The number of aryl methyl sites for hydroxylation is 3. The van der Waals surface area contributed by atoms with Crippen molar-refractivity contribution in [1.82, 2.24) is 0 Å². The van der Waals surface area contributed by atoms with E-state index in [-0.39, 0.29) is 5.97 Å². The SMILES string of the molecule is CCCCCCCCCCCCCCCCCCOOC(=O)c1c(C)cc(C)cc1C. The topological polar surface area (TPSA) is 35.5 Å². The quantitative estimate of drug-likeness (QED) is 0.124. The molecule has 0 unspecified atom stereocenters. The first-order valence-corrected chi connectivity index (χ1v) is 13.0. The first-order chi connectivity index (χ1) is 15.1. The van der Waals surface area contributed by atoms with Gasteiger partial charge in [0.05, 0.1) is 12.2 Å². The highest BCUT2D eigenvalue weighted by molar-refractivity contribution is 5.92. The van der Waals surface area contributed by atoms with Gasteiger partial charge in [0.1, 0.15) is 0 Å². The largest absolute Gasteiger partial charge is 0.373 e. The van der Waals surface area contributed by atoms with E-state index in [1.807, 2.05) is 32.9 Å². The highest BCUT2D eigenvalue weighted by Crippen LogP contribution is 2.18. The third-order valence-electron chi connectivity index (χ3n) is 6.10. The first kappa shape index (κ1) is 27.7. The molecule has 0 atom stereocenters. The van der Waals surface area contributed by atoms with Gasteiger partial charge in [0, 0.05) is 0 Å². The Morgan fingerprint density at radius 2 is 1.03 bits per heavy atom. The number of hydrogen-bond acceptors (Lipinski definition) is 3. The molecule has 0 aliphatic heterocycles. The van der Waals surface area contributed by atoms with Crippen molar-refractivity contribution in [2.24, 2.45) is 0 Å². The van der Waals surface area contributed by atoms with Crippen LogP contribution < -0.4 is 0 Å². The van der Waals surface area contributed by atoms with Crippen molar-refractivity contribution >= 4 is 5.97 Å². The van der Waals surface area contributed by atoms with E-state index >= 15 is 0 Å². The molecule has 0 aromatic heterocycles. The van der Waals surface area contributed by atoms with E-state index in [1.54, 1.807) is 0 Å². The summed E-state index contributed by atoms with van der Waals surface area (Å²) in [5.41, 5.74) is 3.65. The molecule has 0 fully saturated rings. The molecule has 0 aliphatic rings. The lowest BCUT2D eigenvalue weighted by atomic mass is 10.0. The minimum absolute atomic E-state index is 0.383. The van der Waals surface area contributed by atoms with Gasteiger partial charge in [0.2, 0.25) is 0 Å². The molecule has 3 heteroatoms. The summed E-state index contributed by atoms with van der Waals surface area (Å²) < 4.78 is 0. The summed E-state index contributed by atoms with van der Waals surface area (Å²) in [6, 6.07) is 4.00. The van der Waals surface area contributed by atoms with Gasteiger partial charge >= 0.3 is 5.97 Å². The van der Waals surface area contributed by atoms with Crippen LogP contribution in [-0.2, 0) is 9.78 Å². The summed E-state index contributed by atoms with van der Waals surface area (Å²) in [5.74, 6) is -0.383. The molecular formula is C28H48O3. The Labute approximate surface area is 192 Å². The summed E-state index contributed by atoms with van der Waals surface area (Å²) in [6.07, 6.45) is 21.5. The van der Waals surface area contributed by atoms with E-state index < -0.39 is 0 Å². The van der Waals surface area contributed by atoms with E-state index in [1.165, 1.54) is 89.9 Å². The number of hydrogen-bond donors (Lipinski definition) is 0. The molecule has 0 radical (unpaired) electrons. The van der Waals surface area contributed by atoms with Gasteiger partial charge < -0.3 is 0 Å². The van der Waals surface area contributed by atoms with Gasteiger partial charge in [-0.25, -0.2) is 4.79 Å². The van der Waals surface area contributed by atoms with E-state index in [2.05, 4.69) is 6.92 Å². The zero-order chi connectivity index (χ0) is 22.7. The van der Waals surface area contributed by atoms with E-state index in [4.69, 9.17) is 9.78 Å². The Morgan fingerprint density at radius 3 is 1.45 bits per heavy atom. The van der Waals surface area contributed by atoms with Gasteiger partial charge in [-0.05, 0) is 38.3 Å². The van der Waals surface area contributed by atoms with Crippen LogP contribution in [0.3, 0.4) is 0 Å². The van der Waals surface area contributed by atoms with Crippen LogP contribution in [0.4, 0.5) is 0 Å². The molecule has 3 nitrogen and oxygen atoms in total. The second-order valence-corrected chi connectivity index (χ2v) is 9.27. The molecule has 1 aromatic rings. The fraction of sp³-hybridized carbons (Fsp3) is 0.750.